The van der Waals surface area contributed by atoms with Gasteiger partial charge in [0, 0.05) is 30.6 Å². The Kier molecular flexibility index (Phi) is 6.61. The first-order valence-corrected chi connectivity index (χ1v) is 12.0. The van der Waals surface area contributed by atoms with Crippen molar-refractivity contribution in [2.24, 2.45) is 5.41 Å². The molecule has 2 saturated heterocycles. The number of hydrogen-bond acceptors (Lipinski definition) is 5. The predicted octanol–water partition coefficient (Wildman–Crippen LogP) is 5.44. The van der Waals surface area contributed by atoms with Crippen LogP contribution in [0, 0.1) is 5.41 Å². The summed E-state index contributed by atoms with van der Waals surface area (Å²) >= 11 is 12.7. The molecule has 0 radical (unpaired) electrons. The van der Waals surface area contributed by atoms with E-state index in [9.17, 15) is 0 Å². The van der Waals surface area contributed by atoms with Crippen LogP contribution in [0.2, 0.25) is 10.0 Å². The smallest absolute Gasteiger partial charge is 0.181 e. The summed E-state index contributed by atoms with van der Waals surface area (Å²) in [5.74, 6) is 2.35. The van der Waals surface area contributed by atoms with Gasteiger partial charge in [-0.1, -0.05) is 35.3 Å². The van der Waals surface area contributed by atoms with Crippen LogP contribution in [0.5, 0.6) is 5.75 Å². The number of hydrogen-bond donors (Lipinski definition) is 0. The Hall–Kier alpha value is -2.12. The number of ether oxygens (including phenoxy) is 3. The van der Waals surface area contributed by atoms with E-state index in [4.69, 9.17) is 47.5 Å². The highest BCUT2D eigenvalue weighted by atomic mass is 35.5. The molecule has 0 amide bonds. The molecule has 0 N–H and O–H groups in total. The number of halogens is 2. The molecule has 3 aromatic rings. The molecule has 8 heteroatoms. The van der Waals surface area contributed by atoms with Gasteiger partial charge in [0.1, 0.15) is 11.6 Å². The van der Waals surface area contributed by atoms with Crippen molar-refractivity contribution in [3.63, 3.8) is 0 Å². The maximum Gasteiger partial charge on any atom is 0.181 e. The largest absolute Gasteiger partial charge is 0.497 e. The summed E-state index contributed by atoms with van der Waals surface area (Å²) in [6, 6.07) is 13.4. The highest BCUT2D eigenvalue weighted by Crippen LogP contribution is 2.42. The summed E-state index contributed by atoms with van der Waals surface area (Å²) in [6.45, 7) is 2.92. The van der Waals surface area contributed by atoms with Crippen LogP contribution in [0.3, 0.4) is 0 Å². The van der Waals surface area contributed by atoms with Gasteiger partial charge in [-0.2, -0.15) is 5.10 Å². The molecule has 0 aliphatic carbocycles. The van der Waals surface area contributed by atoms with E-state index in [1.807, 2.05) is 41.1 Å². The van der Waals surface area contributed by atoms with E-state index in [1.165, 1.54) is 0 Å². The highest BCUT2D eigenvalue weighted by molar-refractivity contribution is 6.42. The second-order valence-electron chi connectivity index (χ2n) is 8.90. The molecule has 0 saturated carbocycles. The average molecular weight is 488 g/mol. The molecule has 2 fully saturated rings. The normalized spacial score (nSPS) is 19.8. The molecule has 5 rings (SSSR count). The summed E-state index contributed by atoms with van der Waals surface area (Å²) < 4.78 is 19.0. The first kappa shape index (κ1) is 22.7. The van der Waals surface area contributed by atoms with Crippen LogP contribution in [0.25, 0.3) is 11.4 Å². The molecule has 33 heavy (non-hydrogen) atoms. The van der Waals surface area contributed by atoms with E-state index in [1.54, 1.807) is 13.2 Å². The molecule has 2 aliphatic heterocycles. The molecule has 0 bridgehead atoms. The fourth-order valence-corrected chi connectivity index (χ4v) is 5.11. The van der Waals surface area contributed by atoms with Crippen molar-refractivity contribution < 1.29 is 14.2 Å². The molecule has 2 aromatic carbocycles. The van der Waals surface area contributed by atoms with Gasteiger partial charge >= 0.3 is 0 Å². The third kappa shape index (κ3) is 4.90. The number of benzene rings is 2. The lowest BCUT2D eigenvalue weighted by Gasteiger charge is -2.31. The van der Waals surface area contributed by atoms with E-state index < -0.39 is 0 Å². The number of aromatic nitrogens is 3. The molecule has 3 heterocycles. The molecular weight excluding hydrogens is 461 g/mol. The summed E-state index contributed by atoms with van der Waals surface area (Å²) in [5, 5.41) is 5.92. The molecule has 2 aliphatic rings. The standard InChI is InChI=1S/C25H27Cl2N3O3/c1-31-19-7-5-17(6-8-19)24-28-22(13-20-14-25(16-33-20)9-11-32-12-10-25)30(29-24)15-18-3-2-4-21(26)23(18)27/h2-8,20H,9-16H2,1H3. The molecule has 1 aromatic heterocycles. The molecular formula is C25H27Cl2N3O3. The SMILES string of the molecule is COc1ccc(-c2nc(CC3CC4(CCOCC4)CO3)n(Cc3cccc(Cl)c3Cl)n2)cc1. The molecule has 1 unspecified atom stereocenters. The van der Waals surface area contributed by atoms with E-state index in [0.717, 1.165) is 61.8 Å². The lowest BCUT2D eigenvalue weighted by molar-refractivity contribution is 0.00691. The van der Waals surface area contributed by atoms with Gasteiger partial charge < -0.3 is 14.2 Å². The first-order chi connectivity index (χ1) is 16.0. The van der Waals surface area contributed by atoms with Gasteiger partial charge in [0.05, 0.1) is 36.4 Å². The lowest BCUT2D eigenvalue weighted by atomic mass is 9.78. The molecule has 1 atom stereocenters. The number of rotatable bonds is 6. The topological polar surface area (TPSA) is 58.4 Å². The van der Waals surface area contributed by atoms with Gasteiger partial charge in [0.15, 0.2) is 5.82 Å². The third-order valence-corrected chi connectivity index (χ3v) is 7.56. The van der Waals surface area contributed by atoms with Crippen molar-refractivity contribution in [3.8, 4) is 17.1 Å². The number of nitrogens with zero attached hydrogens (tertiary/aromatic N) is 3. The van der Waals surface area contributed by atoms with E-state index in [2.05, 4.69) is 0 Å². The van der Waals surface area contributed by atoms with Crippen LogP contribution in [0.4, 0.5) is 0 Å². The zero-order valence-corrected chi connectivity index (χ0v) is 20.1. The third-order valence-electron chi connectivity index (χ3n) is 6.70. The van der Waals surface area contributed by atoms with Crippen LogP contribution in [-0.2, 0) is 22.4 Å². The van der Waals surface area contributed by atoms with Crippen molar-refractivity contribution >= 4 is 23.2 Å². The second kappa shape index (κ2) is 9.63. The maximum absolute atomic E-state index is 6.48. The Balaban J connectivity index is 1.43. The van der Waals surface area contributed by atoms with Crippen molar-refractivity contribution in [3.05, 3.63) is 63.9 Å². The summed E-state index contributed by atoms with van der Waals surface area (Å²) in [4.78, 5) is 4.91. The summed E-state index contributed by atoms with van der Waals surface area (Å²) in [5.41, 5.74) is 2.08. The Morgan fingerprint density at radius 2 is 1.91 bits per heavy atom. The predicted molar refractivity (Wildman–Crippen MR) is 128 cm³/mol. The Morgan fingerprint density at radius 1 is 1.12 bits per heavy atom. The van der Waals surface area contributed by atoms with Gasteiger partial charge in [0.2, 0.25) is 0 Å². The zero-order valence-electron chi connectivity index (χ0n) is 18.6. The maximum atomic E-state index is 6.48. The van der Waals surface area contributed by atoms with Crippen molar-refractivity contribution in [1.29, 1.82) is 0 Å². The monoisotopic (exact) mass is 487 g/mol. The minimum absolute atomic E-state index is 0.115. The van der Waals surface area contributed by atoms with Crippen LogP contribution < -0.4 is 4.74 Å². The van der Waals surface area contributed by atoms with Gasteiger partial charge in [-0.3, -0.25) is 0 Å². The van der Waals surface area contributed by atoms with Gasteiger partial charge in [-0.25, -0.2) is 9.67 Å². The Morgan fingerprint density at radius 3 is 2.67 bits per heavy atom. The Labute approximate surface area is 203 Å². The summed E-state index contributed by atoms with van der Waals surface area (Å²) in [6.07, 6.45) is 3.96. The molecule has 174 valence electrons. The number of methoxy groups -OCH3 is 1. The second-order valence-corrected chi connectivity index (χ2v) is 9.69. The first-order valence-electron chi connectivity index (χ1n) is 11.3. The fourth-order valence-electron chi connectivity index (χ4n) is 4.73. The van der Waals surface area contributed by atoms with Gasteiger partial charge in [0.25, 0.3) is 0 Å². The van der Waals surface area contributed by atoms with Crippen LogP contribution in [0.15, 0.2) is 42.5 Å². The van der Waals surface area contributed by atoms with Crippen molar-refractivity contribution in [2.45, 2.75) is 38.3 Å². The molecule has 1 spiro atoms. The minimum Gasteiger partial charge on any atom is -0.497 e. The lowest BCUT2D eigenvalue weighted by Crippen LogP contribution is -2.30. The van der Waals surface area contributed by atoms with Gasteiger partial charge in [-0.15, -0.1) is 0 Å². The minimum atomic E-state index is 0.115. The summed E-state index contributed by atoms with van der Waals surface area (Å²) in [7, 11) is 1.65. The van der Waals surface area contributed by atoms with Crippen LogP contribution in [-0.4, -0.2) is 47.8 Å². The average Bonchev–Trinajstić information content (AvgIpc) is 3.41. The molecule has 6 nitrogen and oxygen atoms in total. The fraction of sp³-hybridized carbons (Fsp3) is 0.440. The highest BCUT2D eigenvalue weighted by Gasteiger charge is 2.41. The Bertz CT molecular complexity index is 1110. The van der Waals surface area contributed by atoms with E-state index in [0.29, 0.717) is 28.8 Å². The zero-order chi connectivity index (χ0) is 22.8. The van der Waals surface area contributed by atoms with E-state index in [-0.39, 0.29) is 11.5 Å². The van der Waals surface area contributed by atoms with Crippen LogP contribution in [0.1, 0.15) is 30.7 Å². The van der Waals surface area contributed by atoms with Crippen LogP contribution >= 0.6 is 23.2 Å². The van der Waals surface area contributed by atoms with Crippen molar-refractivity contribution in [2.75, 3.05) is 26.9 Å². The van der Waals surface area contributed by atoms with E-state index >= 15 is 0 Å². The quantitative estimate of drug-likeness (QED) is 0.463. The van der Waals surface area contributed by atoms with Crippen molar-refractivity contribution in [1.82, 2.24) is 14.8 Å². The van der Waals surface area contributed by atoms with Gasteiger partial charge in [-0.05, 0) is 55.2 Å².